The fourth-order valence-corrected chi connectivity index (χ4v) is 2.06. The number of hydrazine groups is 1. The van der Waals surface area contributed by atoms with Crippen molar-refractivity contribution in [3.05, 3.63) is 59.9 Å². The second-order valence-corrected chi connectivity index (χ2v) is 5.12. The first-order valence-electron chi connectivity index (χ1n) is 6.41. The minimum atomic E-state index is 0.384. The van der Waals surface area contributed by atoms with Crippen molar-refractivity contribution in [2.75, 3.05) is 0 Å². The molecule has 2 rings (SSSR count). The third kappa shape index (κ3) is 4.19. The predicted octanol–water partition coefficient (Wildman–Crippen LogP) is 2.62. The lowest BCUT2D eigenvalue weighted by Gasteiger charge is -2.12. The average molecular weight is 273 g/mol. The van der Waals surface area contributed by atoms with Crippen molar-refractivity contribution >= 4 is 17.3 Å². The summed E-state index contributed by atoms with van der Waals surface area (Å²) in [5.41, 5.74) is 5.63. The summed E-state index contributed by atoms with van der Waals surface area (Å²) in [6, 6.07) is 0. The lowest BCUT2D eigenvalue weighted by atomic mass is 10.0. The lowest BCUT2D eigenvalue weighted by Crippen LogP contribution is -2.39. The first kappa shape index (κ1) is 13.8. The molecule has 3 nitrogen and oxygen atoms in total. The summed E-state index contributed by atoms with van der Waals surface area (Å²) in [7, 11) is 0. The number of thiocarbonyl (C=S) groups is 1. The number of allylic oxidation sites excluding steroid dienone is 7. The smallest absolute Gasteiger partial charge is 0.185 e. The Bertz CT molecular complexity index is 494. The molecule has 2 aliphatic carbocycles. The molecule has 0 aromatic rings. The summed E-state index contributed by atoms with van der Waals surface area (Å²) in [5.74, 6) is 6.04. The van der Waals surface area contributed by atoms with Crippen LogP contribution in [0.3, 0.4) is 0 Å². The van der Waals surface area contributed by atoms with Gasteiger partial charge in [0.15, 0.2) is 5.11 Å². The third-order valence-corrected chi connectivity index (χ3v) is 3.41. The van der Waals surface area contributed by atoms with Gasteiger partial charge in [0, 0.05) is 5.70 Å². The molecule has 0 aromatic carbocycles. The molecule has 0 aliphatic heterocycles. The van der Waals surface area contributed by atoms with Crippen LogP contribution in [-0.4, -0.2) is 5.11 Å². The van der Waals surface area contributed by atoms with E-state index >= 15 is 0 Å². The highest BCUT2D eigenvalue weighted by Crippen LogP contribution is 2.38. The lowest BCUT2D eigenvalue weighted by molar-refractivity contribution is 0.948. The molecule has 19 heavy (non-hydrogen) atoms. The van der Waals surface area contributed by atoms with Crippen molar-refractivity contribution in [2.24, 2.45) is 11.8 Å². The van der Waals surface area contributed by atoms with Gasteiger partial charge in [0.2, 0.25) is 0 Å². The maximum atomic E-state index is 5.29. The zero-order valence-electron chi connectivity index (χ0n) is 10.9. The van der Waals surface area contributed by atoms with E-state index in [1.54, 1.807) is 0 Å². The van der Waals surface area contributed by atoms with Crippen LogP contribution < -0.4 is 16.6 Å². The second-order valence-electron chi connectivity index (χ2n) is 4.71. The monoisotopic (exact) mass is 273 g/mol. The van der Waals surface area contributed by atoms with Crippen LogP contribution in [0.5, 0.6) is 0 Å². The zero-order chi connectivity index (χ0) is 13.7. The fraction of sp³-hybridized carbons (Fsp3) is 0.267. The summed E-state index contributed by atoms with van der Waals surface area (Å²) in [4.78, 5) is 0. The van der Waals surface area contributed by atoms with Crippen molar-refractivity contribution in [1.82, 2.24) is 10.7 Å². The molecule has 0 unspecified atom stereocenters. The molecule has 1 fully saturated rings. The molecule has 4 N–H and O–H groups in total. The van der Waals surface area contributed by atoms with E-state index in [1.165, 1.54) is 18.4 Å². The van der Waals surface area contributed by atoms with E-state index in [0.717, 1.165) is 23.6 Å². The molecule has 0 bridgehead atoms. The largest absolute Gasteiger partial charge is 0.331 e. The first-order chi connectivity index (χ1) is 9.20. The summed E-state index contributed by atoms with van der Waals surface area (Å²) in [6.07, 6.45) is 16.0. The van der Waals surface area contributed by atoms with Crippen LogP contribution in [0.4, 0.5) is 0 Å². The maximum Gasteiger partial charge on any atom is 0.185 e. The Morgan fingerprint density at radius 3 is 2.79 bits per heavy atom. The van der Waals surface area contributed by atoms with Gasteiger partial charge in [0.25, 0.3) is 0 Å². The quantitative estimate of drug-likeness (QED) is 0.411. The zero-order valence-corrected chi connectivity index (χ0v) is 11.7. The van der Waals surface area contributed by atoms with E-state index in [1.807, 2.05) is 18.2 Å². The van der Waals surface area contributed by atoms with E-state index in [9.17, 15) is 0 Å². The third-order valence-electron chi connectivity index (χ3n) is 3.19. The van der Waals surface area contributed by atoms with Crippen LogP contribution >= 0.6 is 12.2 Å². The molecule has 0 heterocycles. The SMILES string of the molecule is C=C1/C=C\C=C/C/C(C2CC2)=C\C=C/1NC(=S)NN. The highest BCUT2D eigenvalue weighted by Gasteiger charge is 2.24. The molecule has 0 saturated heterocycles. The Kier molecular flexibility index (Phi) is 4.71. The summed E-state index contributed by atoms with van der Waals surface area (Å²) >= 11 is 5.03. The van der Waals surface area contributed by atoms with E-state index in [4.69, 9.17) is 18.1 Å². The van der Waals surface area contributed by atoms with Gasteiger partial charge in [-0.2, -0.15) is 0 Å². The van der Waals surface area contributed by atoms with E-state index < -0.39 is 0 Å². The summed E-state index contributed by atoms with van der Waals surface area (Å²) < 4.78 is 0. The van der Waals surface area contributed by atoms with Gasteiger partial charge >= 0.3 is 0 Å². The molecule has 1 saturated carbocycles. The van der Waals surface area contributed by atoms with Gasteiger partial charge in [-0.05, 0) is 49.0 Å². The number of nitrogens with one attached hydrogen (secondary N) is 2. The first-order valence-corrected chi connectivity index (χ1v) is 6.82. The highest BCUT2D eigenvalue weighted by molar-refractivity contribution is 7.80. The van der Waals surface area contributed by atoms with Crippen molar-refractivity contribution in [3.63, 3.8) is 0 Å². The van der Waals surface area contributed by atoms with E-state index in [-0.39, 0.29) is 0 Å². The Hall–Kier alpha value is -1.65. The van der Waals surface area contributed by atoms with Crippen molar-refractivity contribution in [1.29, 1.82) is 0 Å². The average Bonchev–Trinajstić information content (AvgIpc) is 3.23. The molecule has 2 aliphatic rings. The van der Waals surface area contributed by atoms with Crippen LogP contribution in [-0.2, 0) is 0 Å². The molecule has 100 valence electrons. The van der Waals surface area contributed by atoms with Gasteiger partial charge in [0.1, 0.15) is 0 Å². The molecule has 0 amide bonds. The van der Waals surface area contributed by atoms with Gasteiger partial charge in [-0.3, -0.25) is 0 Å². The number of rotatable bonds is 2. The van der Waals surface area contributed by atoms with Gasteiger partial charge in [-0.15, -0.1) is 0 Å². The number of hydrogen-bond donors (Lipinski definition) is 3. The molecule has 0 aromatic heterocycles. The maximum absolute atomic E-state index is 5.29. The van der Waals surface area contributed by atoms with E-state index in [2.05, 4.69) is 35.5 Å². The van der Waals surface area contributed by atoms with Crippen molar-refractivity contribution < 1.29 is 0 Å². The van der Waals surface area contributed by atoms with Crippen LogP contribution in [0.15, 0.2) is 59.9 Å². The topological polar surface area (TPSA) is 50.1 Å². The van der Waals surface area contributed by atoms with Crippen LogP contribution in [0.25, 0.3) is 0 Å². The summed E-state index contributed by atoms with van der Waals surface area (Å²) in [6.45, 7) is 4.03. The molecular formula is C15H19N3S. The Morgan fingerprint density at radius 1 is 1.32 bits per heavy atom. The van der Waals surface area contributed by atoms with Crippen molar-refractivity contribution in [2.45, 2.75) is 19.3 Å². The summed E-state index contributed by atoms with van der Waals surface area (Å²) in [5, 5.41) is 3.44. The van der Waals surface area contributed by atoms with Crippen molar-refractivity contribution in [3.8, 4) is 0 Å². The van der Waals surface area contributed by atoms with Crippen LogP contribution in [0, 0.1) is 5.92 Å². The normalized spacial score (nSPS) is 28.4. The Morgan fingerprint density at radius 2 is 2.11 bits per heavy atom. The van der Waals surface area contributed by atoms with Gasteiger partial charge in [-0.25, -0.2) is 5.84 Å². The Labute approximate surface area is 119 Å². The Balaban J connectivity index is 2.23. The molecule has 0 radical (unpaired) electrons. The standard InChI is InChI=1S/C15H19N3S/c1-11-5-3-2-4-6-12(13-7-8-13)9-10-14(11)17-15(19)18-16/h2-5,9-10,13H,1,6-8,16H2,(H2,17,18,19)/b4-2-,5-3-,12-9+,14-10+. The minimum absolute atomic E-state index is 0.384. The molecular weight excluding hydrogens is 254 g/mol. The second kappa shape index (κ2) is 6.50. The number of hydrogen-bond acceptors (Lipinski definition) is 2. The van der Waals surface area contributed by atoms with Gasteiger partial charge in [0.05, 0.1) is 0 Å². The molecule has 0 atom stereocenters. The minimum Gasteiger partial charge on any atom is -0.331 e. The van der Waals surface area contributed by atoms with Gasteiger partial charge in [-0.1, -0.05) is 42.5 Å². The fourth-order valence-electron chi connectivity index (χ4n) is 1.95. The highest BCUT2D eigenvalue weighted by atomic mass is 32.1. The van der Waals surface area contributed by atoms with Crippen LogP contribution in [0.1, 0.15) is 19.3 Å². The van der Waals surface area contributed by atoms with Crippen LogP contribution in [0.2, 0.25) is 0 Å². The predicted molar refractivity (Wildman–Crippen MR) is 84.0 cm³/mol. The van der Waals surface area contributed by atoms with E-state index in [0.29, 0.717) is 5.11 Å². The van der Waals surface area contributed by atoms with Gasteiger partial charge < -0.3 is 10.7 Å². The number of nitrogens with two attached hydrogens (primary N) is 1. The molecule has 4 heteroatoms. The molecule has 0 spiro atoms.